The molecule has 0 aliphatic carbocycles. The lowest BCUT2D eigenvalue weighted by atomic mass is 10.0. The van der Waals surface area contributed by atoms with E-state index in [2.05, 4.69) is 11.2 Å². The van der Waals surface area contributed by atoms with Crippen LogP contribution in [0, 0.1) is 11.3 Å². The number of aromatic nitrogens is 3. The van der Waals surface area contributed by atoms with Crippen LogP contribution in [0.2, 0.25) is 0 Å². The van der Waals surface area contributed by atoms with Crippen LogP contribution in [-0.2, 0) is 13.1 Å². The van der Waals surface area contributed by atoms with Crippen molar-refractivity contribution in [2.45, 2.75) is 38.4 Å². The second kappa shape index (κ2) is 7.04. The highest BCUT2D eigenvalue weighted by Gasteiger charge is 2.29. The van der Waals surface area contributed by atoms with Gasteiger partial charge in [-0.2, -0.15) is 10.4 Å². The quantitative estimate of drug-likeness (QED) is 0.728. The van der Waals surface area contributed by atoms with Crippen LogP contribution in [0.15, 0.2) is 48.9 Å². The zero-order chi connectivity index (χ0) is 17.9. The van der Waals surface area contributed by atoms with Crippen LogP contribution in [0.25, 0.3) is 10.9 Å². The average Bonchev–Trinajstić information content (AvgIpc) is 3.30. The Kier molecular flexibility index (Phi) is 4.44. The SMILES string of the molecule is N#CCn1cc(C(=O)N2CCCC[C@H]2Cn2cccn2)c2ccccc21. The average molecular weight is 347 g/mol. The zero-order valence-electron chi connectivity index (χ0n) is 14.6. The molecule has 1 aromatic carbocycles. The number of hydrogen-bond donors (Lipinski definition) is 0. The van der Waals surface area contributed by atoms with Gasteiger partial charge >= 0.3 is 0 Å². The molecule has 132 valence electrons. The molecule has 1 fully saturated rings. The number of amides is 1. The van der Waals surface area contributed by atoms with Crippen LogP contribution in [-0.4, -0.2) is 37.7 Å². The predicted molar refractivity (Wildman–Crippen MR) is 98.5 cm³/mol. The summed E-state index contributed by atoms with van der Waals surface area (Å²) in [5, 5.41) is 14.3. The van der Waals surface area contributed by atoms with Crippen molar-refractivity contribution in [1.29, 1.82) is 5.26 Å². The lowest BCUT2D eigenvalue weighted by molar-refractivity contribution is 0.0585. The van der Waals surface area contributed by atoms with E-state index in [0.717, 1.165) is 43.3 Å². The lowest BCUT2D eigenvalue weighted by Crippen LogP contribution is -2.45. The number of likely N-dealkylation sites (tertiary alicyclic amines) is 1. The molecule has 3 aromatic rings. The minimum Gasteiger partial charge on any atom is -0.334 e. The summed E-state index contributed by atoms with van der Waals surface area (Å²) in [6, 6.07) is 12.0. The van der Waals surface area contributed by atoms with Gasteiger partial charge in [-0.15, -0.1) is 0 Å². The smallest absolute Gasteiger partial charge is 0.256 e. The summed E-state index contributed by atoms with van der Waals surface area (Å²) in [5.41, 5.74) is 1.61. The molecule has 1 saturated heterocycles. The number of nitriles is 1. The molecule has 0 bridgehead atoms. The maximum Gasteiger partial charge on any atom is 0.256 e. The highest BCUT2D eigenvalue weighted by molar-refractivity contribution is 6.07. The van der Waals surface area contributed by atoms with Gasteiger partial charge in [0.1, 0.15) is 6.54 Å². The second-order valence-corrected chi connectivity index (χ2v) is 6.72. The second-order valence-electron chi connectivity index (χ2n) is 6.72. The standard InChI is InChI=1S/C20H21N5O/c21-9-13-23-15-18(17-7-1-2-8-19(17)23)20(26)25-12-4-3-6-16(25)14-24-11-5-10-22-24/h1-2,5,7-8,10-11,15-16H,3-4,6,12-14H2/t16-/m0/s1. The molecule has 0 unspecified atom stereocenters. The van der Waals surface area contributed by atoms with E-state index in [1.54, 1.807) is 6.20 Å². The molecule has 0 N–H and O–H groups in total. The monoisotopic (exact) mass is 347 g/mol. The van der Waals surface area contributed by atoms with Crippen molar-refractivity contribution in [3.63, 3.8) is 0 Å². The van der Waals surface area contributed by atoms with E-state index in [-0.39, 0.29) is 18.5 Å². The Balaban J connectivity index is 1.67. The van der Waals surface area contributed by atoms with Gasteiger partial charge < -0.3 is 9.47 Å². The Morgan fingerprint density at radius 3 is 2.96 bits per heavy atom. The van der Waals surface area contributed by atoms with Gasteiger partial charge in [-0.05, 0) is 31.4 Å². The summed E-state index contributed by atoms with van der Waals surface area (Å²) in [7, 11) is 0. The maximum atomic E-state index is 13.4. The fraction of sp³-hybridized carbons (Fsp3) is 0.350. The number of carbonyl (C=O) groups excluding carboxylic acids is 1. The molecule has 1 amide bonds. The van der Waals surface area contributed by atoms with Gasteiger partial charge in [0, 0.05) is 36.0 Å². The number of nitrogens with zero attached hydrogens (tertiary/aromatic N) is 5. The number of para-hydroxylation sites is 1. The minimum atomic E-state index is 0.0507. The fourth-order valence-corrected chi connectivity index (χ4v) is 3.86. The molecule has 26 heavy (non-hydrogen) atoms. The van der Waals surface area contributed by atoms with Crippen molar-refractivity contribution in [1.82, 2.24) is 19.2 Å². The Bertz CT molecular complexity index is 950. The normalized spacial score (nSPS) is 17.3. The van der Waals surface area contributed by atoms with Crippen LogP contribution >= 0.6 is 0 Å². The van der Waals surface area contributed by atoms with E-state index in [4.69, 9.17) is 5.26 Å². The van der Waals surface area contributed by atoms with E-state index >= 15 is 0 Å². The van der Waals surface area contributed by atoms with Gasteiger partial charge in [-0.25, -0.2) is 0 Å². The predicted octanol–water partition coefficient (Wildman–Crippen LogP) is 3.06. The van der Waals surface area contributed by atoms with Crippen molar-refractivity contribution >= 4 is 16.8 Å². The van der Waals surface area contributed by atoms with Gasteiger partial charge in [0.2, 0.25) is 0 Å². The van der Waals surface area contributed by atoms with E-state index in [0.29, 0.717) is 5.56 Å². The first-order chi connectivity index (χ1) is 12.8. The fourth-order valence-electron chi connectivity index (χ4n) is 3.86. The molecule has 1 aliphatic heterocycles. The Morgan fingerprint density at radius 1 is 1.27 bits per heavy atom. The zero-order valence-corrected chi connectivity index (χ0v) is 14.6. The first-order valence-corrected chi connectivity index (χ1v) is 9.01. The number of benzene rings is 1. The molecule has 4 rings (SSSR count). The Morgan fingerprint density at radius 2 is 2.15 bits per heavy atom. The van der Waals surface area contributed by atoms with E-state index < -0.39 is 0 Å². The van der Waals surface area contributed by atoms with Gasteiger partial charge in [0.15, 0.2) is 0 Å². The highest BCUT2D eigenvalue weighted by Crippen LogP contribution is 2.26. The van der Waals surface area contributed by atoms with Gasteiger partial charge in [0.05, 0.1) is 24.2 Å². The number of hydrogen-bond acceptors (Lipinski definition) is 3. The van der Waals surface area contributed by atoms with Crippen molar-refractivity contribution in [3.05, 3.63) is 54.5 Å². The van der Waals surface area contributed by atoms with E-state index in [1.807, 2.05) is 56.9 Å². The third-order valence-electron chi connectivity index (χ3n) is 5.11. The molecular weight excluding hydrogens is 326 g/mol. The van der Waals surface area contributed by atoms with E-state index in [9.17, 15) is 4.79 Å². The molecular formula is C20H21N5O. The number of rotatable bonds is 4. The first kappa shape index (κ1) is 16.4. The van der Waals surface area contributed by atoms with Crippen molar-refractivity contribution < 1.29 is 4.79 Å². The molecule has 1 aliphatic rings. The summed E-state index contributed by atoms with van der Waals surface area (Å²) in [6.45, 7) is 1.72. The number of carbonyl (C=O) groups is 1. The summed E-state index contributed by atoms with van der Waals surface area (Å²) < 4.78 is 3.75. The topological polar surface area (TPSA) is 66.8 Å². The molecule has 0 radical (unpaired) electrons. The molecule has 1 atom stereocenters. The van der Waals surface area contributed by atoms with E-state index in [1.165, 1.54) is 0 Å². The van der Waals surface area contributed by atoms with Crippen molar-refractivity contribution in [3.8, 4) is 6.07 Å². The summed E-state index contributed by atoms with van der Waals surface area (Å²) in [6.07, 6.45) is 8.68. The highest BCUT2D eigenvalue weighted by atomic mass is 16.2. The Labute approximate surface area is 152 Å². The van der Waals surface area contributed by atoms with Gasteiger partial charge in [-0.3, -0.25) is 9.48 Å². The first-order valence-electron chi connectivity index (χ1n) is 9.01. The lowest BCUT2D eigenvalue weighted by Gasteiger charge is -2.35. The van der Waals surface area contributed by atoms with Crippen LogP contribution < -0.4 is 0 Å². The molecule has 0 spiro atoms. The van der Waals surface area contributed by atoms with Crippen LogP contribution in [0.5, 0.6) is 0 Å². The van der Waals surface area contributed by atoms with Gasteiger partial charge in [-0.1, -0.05) is 18.2 Å². The van der Waals surface area contributed by atoms with Crippen LogP contribution in [0.1, 0.15) is 29.6 Å². The largest absolute Gasteiger partial charge is 0.334 e. The molecule has 0 saturated carbocycles. The maximum absolute atomic E-state index is 13.4. The third kappa shape index (κ3) is 2.97. The van der Waals surface area contributed by atoms with Crippen LogP contribution in [0.4, 0.5) is 0 Å². The number of fused-ring (bicyclic) bond motifs is 1. The molecule has 3 heterocycles. The summed E-state index contributed by atoms with van der Waals surface area (Å²) >= 11 is 0. The molecule has 2 aromatic heterocycles. The number of piperidine rings is 1. The van der Waals surface area contributed by atoms with Gasteiger partial charge in [0.25, 0.3) is 5.91 Å². The summed E-state index contributed by atoms with van der Waals surface area (Å²) in [4.78, 5) is 15.4. The van der Waals surface area contributed by atoms with Crippen molar-refractivity contribution in [2.75, 3.05) is 6.54 Å². The minimum absolute atomic E-state index is 0.0507. The molecule has 6 nitrogen and oxygen atoms in total. The van der Waals surface area contributed by atoms with Crippen molar-refractivity contribution in [2.24, 2.45) is 0 Å². The van der Waals surface area contributed by atoms with Crippen LogP contribution in [0.3, 0.4) is 0 Å². The summed E-state index contributed by atoms with van der Waals surface area (Å²) in [5.74, 6) is 0.0507. The Hall–Kier alpha value is -3.07. The molecule has 6 heteroatoms. The third-order valence-corrected chi connectivity index (χ3v) is 5.11.